The summed E-state index contributed by atoms with van der Waals surface area (Å²) in [5.41, 5.74) is 3.65. The molecule has 0 unspecified atom stereocenters. The van der Waals surface area contributed by atoms with Gasteiger partial charge in [0.2, 0.25) is 5.91 Å². The van der Waals surface area contributed by atoms with Gasteiger partial charge in [-0.1, -0.05) is 12.1 Å². The van der Waals surface area contributed by atoms with Crippen molar-refractivity contribution >= 4 is 17.5 Å². The first kappa shape index (κ1) is 26.3. The number of pyridine rings is 2. The van der Waals surface area contributed by atoms with Crippen LogP contribution in [0.2, 0.25) is 0 Å². The fourth-order valence-corrected chi connectivity index (χ4v) is 4.63. The summed E-state index contributed by atoms with van der Waals surface area (Å²) in [6.07, 6.45) is -0.455. The molecule has 1 fully saturated rings. The van der Waals surface area contributed by atoms with Gasteiger partial charge in [-0.25, -0.2) is 4.98 Å². The topological polar surface area (TPSA) is 75.2 Å². The minimum atomic E-state index is -4.46. The molecule has 1 N–H and O–H groups in total. The molecule has 3 aromatic rings. The molecule has 4 rings (SSSR count). The lowest BCUT2D eigenvalue weighted by Crippen LogP contribution is -2.38. The summed E-state index contributed by atoms with van der Waals surface area (Å²) in [7, 11) is 0. The number of piperidine rings is 1. The van der Waals surface area contributed by atoms with Crippen LogP contribution >= 0.6 is 0 Å². The van der Waals surface area contributed by atoms with E-state index in [0.29, 0.717) is 36.0 Å². The molecule has 2 aromatic heterocycles. The smallest absolute Gasteiger partial charge is 0.337 e. The van der Waals surface area contributed by atoms with Crippen LogP contribution in [0.4, 0.5) is 18.9 Å². The number of aromatic nitrogens is 2. The van der Waals surface area contributed by atoms with Crippen molar-refractivity contribution in [3.63, 3.8) is 0 Å². The van der Waals surface area contributed by atoms with Crippen LogP contribution in [0, 0.1) is 13.8 Å². The van der Waals surface area contributed by atoms with Gasteiger partial charge in [0.25, 0.3) is 5.91 Å². The summed E-state index contributed by atoms with van der Waals surface area (Å²) in [4.78, 5) is 35.1. The number of nitrogens with zero attached hydrogens (tertiary/aromatic N) is 3. The van der Waals surface area contributed by atoms with Gasteiger partial charge in [0.1, 0.15) is 5.69 Å². The van der Waals surface area contributed by atoms with Gasteiger partial charge in [0.15, 0.2) is 0 Å². The molecular formula is C28H29F3N4O2. The second kappa shape index (κ2) is 11.1. The molecule has 6 nitrogen and oxygen atoms in total. The Labute approximate surface area is 213 Å². The van der Waals surface area contributed by atoms with Gasteiger partial charge in [-0.05, 0) is 86.1 Å². The Kier molecular flexibility index (Phi) is 7.90. The highest BCUT2D eigenvalue weighted by atomic mass is 19.4. The standard InChI is InChI=1S/C28H29F3N4O2/c1-18-13-19(2)33-25(14-18)27(37)35-11-9-22(10-12-35)21-4-6-24(7-5-21)34-26(36)8-3-20-15-23(17-32-16-20)28(29,30)31/h4-7,13-17,22H,3,8-12H2,1-2H3,(H,34,36). The summed E-state index contributed by atoms with van der Waals surface area (Å²) in [6, 6.07) is 12.4. The Morgan fingerprint density at radius 1 is 1.03 bits per heavy atom. The molecule has 37 heavy (non-hydrogen) atoms. The predicted octanol–water partition coefficient (Wildman–Crippen LogP) is 5.70. The Bertz CT molecular complexity index is 1250. The molecule has 1 aliphatic rings. The van der Waals surface area contributed by atoms with E-state index in [1.165, 1.54) is 6.20 Å². The lowest BCUT2D eigenvalue weighted by Gasteiger charge is -2.32. The normalized spacial score (nSPS) is 14.5. The fourth-order valence-electron chi connectivity index (χ4n) is 4.63. The summed E-state index contributed by atoms with van der Waals surface area (Å²) < 4.78 is 38.5. The van der Waals surface area contributed by atoms with Gasteiger partial charge in [-0.15, -0.1) is 0 Å². The highest BCUT2D eigenvalue weighted by Crippen LogP contribution is 2.30. The first-order valence-electron chi connectivity index (χ1n) is 12.2. The van der Waals surface area contributed by atoms with Gasteiger partial charge in [-0.3, -0.25) is 14.6 Å². The van der Waals surface area contributed by atoms with Gasteiger partial charge in [0, 0.05) is 43.3 Å². The highest BCUT2D eigenvalue weighted by Gasteiger charge is 2.31. The molecule has 0 saturated carbocycles. The lowest BCUT2D eigenvalue weighted by molar-refractivity contribution is -0.137. The third kappa shape index (κ3) is 6.93. The number of benzene rings is 1. The van der Waals surface area contributed by atoms with Crippen LogP contribution in [0.15, 0.2) is 54.9 Å². The Balaban J connectivity index is 1.27. The SMILES string of the molecule is Cc1cc(C)nc(C(=O)N2CCC(c3ccc(NC(=O)CCc4cncc(C(F)(F)F)c4)cc3)CC2)c1. The van der Waals surface area contributed by atoms with Crippen LogP contribution in [0.25, 0.3) is 0 Å². The lowest BCUT2D eigenvalue weighted by atomic mass is 9.89. The zero-order chi connectivity index (χ0) is 26.6. The number of likely N-dealkylation sites (tertiary alicyclic amines) is 1. The third-order valence-electron chi connectivity index (χ3n) is 6.53. The maximum absolute atomic E-state index is 12.9. The molecule has 0 spiro atoms. The summed E-state index contributed by atoms with van der Waals surface area (Å²) >= 11 is 0. The summed E-state index contributed by atoms with van der Waals surface area (Å²) in [5, 5.41) is 2.79. The number of halogens is 3. The molecule has 3 heterocycles. The van der Waals surface area contributed by atoms with Crippen LogP contribution in [0.3, 0.4) is 0 Å². The predicted molar refractivity (Wildman–Crippen MR) is 134 cm³/mol. The second-order valence-electron chi connectivity index (χ2n) is 9.49. The summed E-state index contributed by atoms with van der Waals surface area (Å²) in [6.45, 7) is 5.15. The molecule has 2 amide bonds. The molecule has 1 aliphatic heterocycles. The van der Waals surface area contributed by atoms with Crippen molar-refractivity contribution in [2.24, 2.45) is 0 Å². The van der Waals surface area contributed by atoms with Crippen molar-refractivity contribution in [2.75, 3.05) is 18.4 Å². The second-order valence-corrected chi connectivity index (χ2v) is 9.49. The maximum Gasteiger partial charge on any atom is 0.417 e. The number of carbonyl (C=O) groups is 2. The molecule has 9 heteroatoms. The van der Waals surface area contributed by atoms with E-state index in [-0.39, 0.29) is 24.7 Å². The number of anilines is 1. The number of rotatable bonds is 6. The largest absolute Gasteiger partial charge is 0.417 e. The molecule has 0 atom stereocenters. The van der Waals surface area contributed by atoms with Crippen molar-refractivity contribution in [1.29, 1.82) is 0 Å². The molecule has 0 radical (unpaired) electrons. The number of hydrogen-bond acceptors (Lipinski definition) is 4. The van der Waals surface area contributed by atoms with Gasteiger partial charge in [0.05, 0.1) is 5.56 Å². The van der Waals surface area contributed by atoms with Crippen molar-refractivity contribution < 1.29 is 22.8 Å². The number of alkyl halides is 3. The Hall–Kier alpha value is -3.75. The Morgan fingerprint density at radius 2 is 1.73 bits per heavy atom. The molecular weight excluding hydrogens is 481 g/mol. The average Bonchev–Trinajstić information content (AvgIpc) is 2.87. The minimum absolute atomic E-state index is 0.0378. The van der Waals surface area contributed by atoms with E-state index in [0.717, 1.165) is 41.9 Å². The molecule has 194 valence electrons. The van der Waals surface area contributed by atoms with E-state index in [9.17, 15) is 22.8 Å². The molecule has 1 saturated heterocycles. The quantitative estimate of drug-likeness (QED) is 0.461. The van der Waals surface area contributed by atoms with Gasteiger partial charge in [-0.2, -0.15) is 13.2 Å². The van der Waals surface area contributed by atoms with E-state index in [1.807, 2.05) is 55.1 Å². The monoisotopic (exact) mass is 510 g/mol. The highest BCUT2D eigenvalue weighted by molar-refractivity contribution is 5.92. The van der Waals surface area contributed by atoms with Crippen LogP contribution in [0.5, 0.6) is 0 Å². The van der Waals surface area contributed by atoms with Crippen LogP contribution in [0.1, 0.15) is 63.6 Å². The van der Waals surface area contributed by atoms with Crippen LogP contribution in [-0.2, 0) is 17.4 Å². The van der Waals surface area contributed by atoms with Crippen LogP contribution < -0.4 is 5.32 Å². The van der Waals surface area contributed by atoms with Crippen molar-refractivity contribution in [2.45, 2.75) is 51.6 Å². The molecule has 0 aliphatic carbocycles. The van der Waals surface area contributed by atoms with E-state index >= 15 is 0 Å². The number of aryl methyl sites for hydroxylation is 3. The fraction of sp³-hybridized carbons (Fsp3) is 0.357. The zero-order valence-electron chi connectivity index (χ0n) is 20.8. The van der Waals surface area contributed by atoms with Crippen molar-refractivity contribution in [3.05, 3.63) is 88.5 Å². The maximum atomic E-state index is 12.9. The Morgan fingerprint density at radius 3 is 2.38 bits per heavy atom. The number of hydrogen-bond donors (Lipinski definition) is 1. The van der Waals surface area contributed by atoms with Gasteiger partial charge >= 0.3 is 6.18 Å². The van der Waals surface area contributed by atoms with E-state index in [4.69, 9.17) is 0 Å². The zero-order valence-corrected chi connectivity index (χ0v) is 20.8. The van der Waals surface area contributed by atoms with Crippen molar-refractivity contribution in [1.82, 2.24) is 14.9 Å². The molecule has 1 aromatic carbocycles. The van der Waals surface area contributed by atoms with E-state index in [2.05, 4.69) is 15.3 Å². The molecule has 0 bridgehead atoms. The first-order valence-corrected chi connectivity index (χ1v) is 12.2. The summed E-state index contributed by atoms with van der Waals surface area (Å²) in [5.74, 6) is -0.00406. The first-order chi connectivity index (χ1) is 17.6. The van der Waals surface area contributed by atoms with E-state index in [1.54, 1.807) is 0 Å². The van der Waals surface area contributed by atoms with Crippen LogP contribution in [-0.4, -0.2) is 39.8 Å². The number of carbonyl (C=O) groups excluding carboxylic acids is 2. The third-order valence-corrected chi connectivity index (χ3v) is 6.53. The van der Waals surface area contributed by atoms with E-state index < -0.39 is 11.7 Å². The number of amides is 2. The number of nitrogens with one attached hydrogen (secondary N) is 1. The average molecular weight is 511 g/mol. The van der Waals surface area contributed by atoms with Gasteiger partial charge < -0.3 is 10.2 Å². The van der Waals surface area contributed by atoms with Crippen molar-refractivity contribution in [3.8, 4) is 0 Å². The minimum Gasteiger partial charge on any atom is -0.337 e.